The van der Waals surface area contributed by atoms with Gasteiger partial charge in [-0.25, -0.2) is 24.9 Å². The number of aliphatic imine (C=N–C) groups is 4. The Bertz CT molecular complexity index is 2400. The van der Waals surface area contributed by atoms with Crippen LogP contribution < -0.4 is 5.43 Å². The number of nitrogens with one attached hydrogen (secondary N) is 1. The monoisotopic (exact) mass is 1290 g/mol. The zero-order valence-corrected chi connectivity index (χ0v) is 62.6. The Morgan fingerprint density at radius 1 is 0.500 bits per heavy atom. The lowest BCUT2D eigenvalue weighted by Gasteiger charge is -2.14. The summed E-state index contributed by atoms with van der Waals surface area (Å²) in [4.78, 5) is 49.5. The largest absolute Gasteiger partial charge is 0.360 e. The third-order valence-corrected chi connectivity index (χ3v) is 12.0. The maximum atomic E-state index is 5.25. The summed E-state index contributed by atoms with van der Waals surface area (Å²) in [6.45, 7) is 71.7. The van der Waals surface area contributed by atoms with E-state index >= 15 is 0 Å². The summed E-state index contributed by atoms with van der Waals surface area (Å²) in [5.74, 6) is 9.87. The third-order valence-electron chi connectivity index (χ3n) is 12.0. The van der Waals surface area contributed by atoms with Crippen LogP contribution in [0.3, 0.4) is 0 Å². The second kappa shape index (κ2) is 55.7. The summed E-state index contributed by atoms with van der Waals surface area (Å²) in [6, 6.07) is 0. The van der Waals surface area contributed by atoms with E-state index < -0.39 is 0 Å². The first-order valence-corrected chi connectivity index (χ1v) is 30.7. The van der Waals surface area contributed by atoms with Gasteiger partial charge in [-0.1, -0.05) is 146 Å². The number of hydrogen-bond acceptors (Lipinski definition) is 26. The molecule has 1 N–H and O–H groups in total. The van der Waals surface area contributed by atoms with Crippen LogP contribution in [0.2, 0.25) is 0 Å². The number of azo groups is 1. The van der Waals surface area contributed by atoms with Gasteiger partial charge in [-0.3, -0.25) is 30.2 Å². The molecule has 522 valence electrons. The second-order valence-corrected chi connectivity index (χ2v) is 17.8. The summed E-state index contributed by atoms with van der Waals surface area (Å²) >= 11 is 0. The molecule has 10 aliphatic heterocycles. The predicted octanol–water partition coefficient (Wildman–Crippen LogP) is 13.0. The maximum absolute atomic E-state index is 5.25. The maximum Gasteiger partial charge on any atom is 0.223 e. The van der Waals surface area contributed by atoms with Crippen molar-refractivity contribution in [2.24, 2.45) is 45.6 Å². The van der Waals surface area contributed by atoms with Crippen LogP contribution in [0.1, 0.15) is 111 Å². The molecule has 1 atom stereocenters. The van der Waals surface area contributed by atoms with Crippen molar-refractivity contribution < 1.29 is 14.5 Å². The van der Waals surface area contributed by atoms with E-state index in [1.807, 2.05) is 237 Å². The van der Waals surface area contributed by atoms with Crippen molar-refractivity contribution in [3.05, 3.63) is 161 Å². The van der Waals surface area contributed by atoms with Crippen molar-refractivity contribution in [1.29, 1.82) is 0 Å². The standard InChI is InChI=1S/C6H11N3.C6H12N2O.C6H12N2.2C6H8N2.C5H7N3.2C5H8N2O.C5H8N2.C4H7N3.6C2H6/c1-5-7-9(4)6(2)8(5)3;1-5-7(3)6(2)9-8(5)4;1-6-7(2)4-5-8(6)3;1-6-5-7-3-4-8(6)2;1-6-7-4-3-5-8(6)2;1-5-7-6-3-4-8(5)2;2*1-4-6-8-5(2)7(4)3;1-5-6-3-4-7(5)2;1-4-5-3-6-7(4)2;6*1-2/h2H2,1,3-4H3;6H,1H2,2-4H3;1,4-5H2,2-3H3;2*3-5H,1H2,2H3;3-4H,1H2,2H3;2*2H2,1,3H3;3H,1,4H2,2H3;3H,1H2,2H3,(H,5,6);6*1-2H3. The van der Waals surface area contributed by atoms with Crippen LogP contribution in [-0.4, -0.2) is 224 Å². The summed E-state index contributed by atoms with van der Waals surface area (Å²) in [5.41, 5.74) is 3.73. The fraction of sp³-hybridized carbons (Fsp3) is 0.500. The van der Waals surface area contributed by atoms with E-state index in [4.69, 9.17) is 14.5 Å². The second-order valence-electron chi connectivity index (χ2n) is 17.8. The fourth-order valence-corrected chi connectivity index (χ4v) is 5.37. The molecule has 0 saturated carbocycles. The smallest absolute Gasteiger partial charge is 0.223 e. The average Bonchev–Trinajstić information content (AvgIpc) is 1.89. The van der Waals surface area contributed by atoms with Gasteiger partial charge in [0.25, 0.3) is 0 Å². The highest BCUT2D eigenvalue weighted by atomic mass is 16.7. The first-order valence-electron chi connectivity index (χ1n) is 30.7. The first-order chi connectivity index (χ1) is 43.4. The van der Waals surface area contributed by atoms with Crippen LogP contribution in [-0.2, 0) is 14.5 Å². The highest BCUT2D eigenvalue weighted by molar-refractivity contribution is 5.83. The molecular weight excluding hydrogens is 1160 g/mol. The van der Waals surface area contributed by atoms with E-state index in [-0.39, 0.29) is 6.23 Å². The van der Waals surface area contributed by atoms with E-state index in [0.29, 0.717) is 17.6 Å². The predicted molar refractivity (Wildman–Crippen MR) is 396 cm³/mol. The Morgan fingerprint density at radius 2 is 0.978 bits per heavy atom. The summed E-state index contributed by atoms with van der Waals surface area (Å²) in [5, 5.41) is 23.9. The summed E-state index contributed by atoms with van der Waals surface area (Å²) in [6.07, 6.45) is 17.8. The number of amidine groups is 3. The molecule has 0 aromatic rings. The van der Waals surface area contributed by atoms with Crippen molar-refractivity contribution in [1.82, 2.24) is 69.5 Å². The van der Waals surface area contributed by atoms with Crippen molar-refractivity contribution in [3.63, 3.8) is 0 Å². The number of allylic oxidation sites excluding steroid dienone is 2. The van der Waals surface area contributed by atoms with Crippen LogP contribution in [0.25, 0.3) is 0 Å². The Morgan fingerprint density at radius 3 is 1.14 bits per heavy atom. The van der Waals surface area contributed by atoms with Gasteiger partial charge in [-0.15, -0.1) is 5.11 Å². The average molecular weight is 1290 g/mol. The fourth-order valence-electron chi connectivity index (χ4n) is 5.37. The molecule has 0 radical (unpaired) electrons. The van der Waals surface area contributed by atoms with Crippen molar-refractivity contribution in [3.8, 4) is 0 Å². The normalized spacial score (nSPS) is 17.4. The van der Waals surface area contributed by atoms with Gasteiger partial charge in [-0.05, 0) is 46.9 Å². The van der Waals surface area contributed by atoms with Crippen LogP contribution in [0, 0.1) is 0 Å². The molecule has 26 heteroatoms. The number of oxime groups is 2. The van der Waals surface area contributed by atoms with E-state index in [1.165, 1.54) is 0 Å². The molecule has 10 aliphatic rings. The van der Waals surface area contributed by atoms with Crippen molar-refractivity contribution >= 4 is 42.5 Å². The molecule has 0 aliphatic carbocycles. The lowest BCUT2D eigenvalue weighted by molar-refractivity contribution is -0.117. The molecule has 0 aromatic heterocycles. The number of hydroxylamine groups is 2. The number of likely N-dealkylation sites (N-methyl/N-ethyl adjacent to an activating group) is 2. The highest BCUT2D eigenvalue weighted by Gasteiger charge is 2.24. The minimum Gasteiger partial charge on any atom is -0.360 e. The Labute approximate surface area is 559 Å². The molecule has 26 nitrogen and oxygen atoms in total. The van der Waals surface area contributed by atoms with Gasteiger partial charge in [0, 0.05) is 148 Å². The van der Waals surface area contributed by atoms with E-state index in [0.717, 1.165) is 77.8 Å². The molecule has 10 rings (SSSR count). The van der Waals surface area contributed by atoms with Gasteiger partial charge in [0.1, 0.15) is 58.8 Å². The van der Waals surface area contributed by atoms with Gasteiger partial charge >= 0.3 is 0 Å². The minimum atomic E-state index is 0.127. The van der Waals surface area contributed by atoms with Crippen molar-refractivity contribution in [2.75, 3.05) is 111 Å². The molecule has 0 aromatic carbocycles. The SMILES string of the molecule is C=C1C=NC=CN1C.C=C1N(C)CCN1C.C=C1N(C)N=C(C)N1C.C=C1N(C)OC(C)N1C.C=C1N=CC=CN1C.C=C1N=CCN1C.C=C1N=CNN1C.C=C1N=NC=CN1C.C=C1ON=C(C)N1C.C=C1ON=C(C)N1C.CC.CC.CC.CC.CC.CC. The van der Waals surface area contributed by atoms with Crippen molar-refractivity contribution in [2.45, 2.75) is 117 Å². The third kappa shape index (κ3) is 38.9. The van der Waals surface area contributed by atoms with Crippen LogP contribution in [0.15, 0.2) is 207 Å². The van der Waals surface area contributed by atoms with Crippen LogP contribution in [0.5, 0.6) is 0 Å². The highest BCUT2D eigenvalue weighted by Crippen LogP contribution is 2.19. The molecule has 0 spiro atoms. The molecule has 0 amide bonds. The number of nitrogens with zero attached hydrogens (tertiary/aromatic N) is 22. The Kier molecular flexibility index (Phi) is 56.8. The summed E-state index contributed by atoms with van der Waals surface area (Å²) in [7, 11) is 25.0. The van der Waals surface area contributed by atoms with Gasteiger partial charge in [0.05, 0.1) is 24.3 Å². The van der Waals surface area contributed by atoms with Gasteiger partial charge in [0.2, 0.25) is 11.8 Å². The lowest BCUT2D eigenvalue weighted by atomic mass is 10.4. The number of hydrazone groups is 1. The van der Waals surface area contributed by atoms with Gasteiger partial charge in [-0.2, -0.15) is 10.2 Å². The zero-order chi connectivity index (χ0) is 73.0. The molecule has 2 saturated heterocycles. The minimum absolute atomic E-state index is 0.127. The molecule has 1 unspecified atom stereocenters. The number of hydrogen-bond donors (Lipinski definition) is 1. The molecule has 92 heavy (non-hydrogen) atoms. The van der Waals surface area contributed by atoms with E-state index in [2.05, 4.69) is 141 Å². The topological polar surface area (TPSA) is 193 Å². The van der Waals surface area contributed by atoms with Gasteiger partial charge in [0.15, 0.2) is 6.23 Å². The summed E-state index contributed by atoms with van der Waals surface area (Å²) < 4.78 is 0. The molecule has 0 bridgehead atoms. The van der Waals surface area contributed by atoms with Gasteiger partial charge < -0.3 is 48.9 Å². The van der Waals surface area contributed by atoms with Crippen LogP contribution in [0.4, 0.5) is 0 Å². The number of rotatable bonds is 0. The lowest BCUT2D eigenvalue weighted by Crippen LogP contribution is -2.24. The zero-order valence-electron chi connectivity index (χ0n) is 62.6. The van der Waals surface area contributed by atoms with Crippen LogP contribution >= 0.6 is 0 Å². The van der Waals surface area contributed by atoms with E-state index in [1.54, 1.807) is 67.1 Å². The number of hydrazine groups is 1. The molecule has 2 fully saturated rings. The molecular formula is C66H125N23O3. The Balaban J connectivity index is -0.000000219. The molecule has 10 heterocycles. The Hall–Kier alpha value is -9.33. The first kappa shape index (κ1) is 93.8. The van der Waals surface area contributed by atoms with E-state index in [9.17, 15) is 0 Å². The quantitative estimate of drug-likeness (QED) is 0.240.